The molecule has 0 radical (unpaired) electrons. The van der Waals surface area contributed by atoms with Gasteiger partial charge < -0.3 is 5.32 Å². The molecule has 26 heavy (non-hydrogen) atoms. The maximum absolute atomic E-state index is 12.6. The van der Waals surface area contributed by atoms with Gasteiger partial charge in [0, 0.05) is 24.4 Å². The minimum absolute atomic E-state index is 0.0673. The first-order chi connectivity index (χ1) is 12.6. The van der Waals surface area contributed by atoms with Crippen LogP contribution < -0.4 is 5.32 Å². The number of rotatable bonds is 7. The highest BCUT2D eigenvalue weighted by Crippen LogP contribution is 2.26. The highest BCUT2D eigenvalue weighted by molar-refractivity contribution is 7.89. The van der Waals surface area contributed by atoms with Gasteiger partial charge in [-0.1, -0.05) is 24.3 Å². The van der Waals surface area contributed by atoms with Gasteiger partial charge in [-0.2, -0.15) is 4.31 Å². The second-order valence-electron chi connectivity index (χ2n) is 6.56. The third kappa shape index (κ3) is 4.93. The Morgan fingerprint density at radius 3 is 2.50 bits per heavy atom. The monoisotopic (exact) mass is 392 g/mol. The summed E-state index contributed by atoms with van der Waals surface area (Å²) in [6.07, 6.45) is 2.94. The van der Waals surface area contributed by atoms with Gasteiger partial charge in [-0.3, -0.25) is 4.79 Å². The molecule has 1 amide bonds. The van der Waals surface area contributed by atoms with Crippen LogP contribution in [0.1, 0.15) is 30.6 Å². The Bertz CT molecular complexity index is 797. The molecule has 1 aromatic carbocycles. The first-order valence-corrected chi connectivity index (χ1v) is 11.2. The van der Waals surface area contributed by atoms with Crippen LogP contribution in [0.5, 0.6) is 0 Å². The molecule has 0 atom stereocenters. The summed E-state index contributed by atoms with van der Waals surface area (Å²) in [5.41, 5.74) is 0. The molecule has 0 bridgehead atoms. The molecule has 140 valence electrons. The molecule has 0 aliphatic carbocycles. The predicted octanol–water partition coefficient (Wildman–Crippen LogP) is 3.25. The minimum Gasteiger partial charge on any atom is -0.351 e. The van der Waals surface area contributed by atoms with Gasteiger partial charge in [0.15, 0.2) is 0 Å². The Labute approximate surface area is 159 Å². The second-order valence-corrected chi connectivity index (χ2v) is 9.53. The van der Waals surface area contributed by atoms with E-state index in [9.17, 15) is 13.2 Å². The Hall–Kier alpha value is -1.70. The molecule has 1 saturated heterocycles. The summed E-state index contributed by atoms with van der Waals surface area (Å²) in [6.45, 7) is 1.64. The lowest BCUT2D eigenvalue weighted by atomic mass is 9.93. The molecule has 1 aliphatic rings. The van der Waals surface area contributed by atoms with Crippen LogP contribution in [0.4, 0.5) is 0 Å². The molecule has 1 N–H and O–H groups in total. The van der Waals surface area contributed by atoms with Crippen molar-refractivity contribution >= 4 is 27.3 Å². The van der Waals surface area contributed by atoms with Crippen molar-refractivity contribution in [2.24, 2.45) is 5.92 Å². The van der Waals surface area contributed by atoms with Gasteiger partial charge in [-0.25, -0.2) is 8.42 Å². The molecule has 1 fully saturated rings. The van der Waals surface area contributed by atoms with Crippen LogP contribution >= 0.6 is 11.3 Å². The molecule has 1 aromatic heterocycles. The molecule has 2 aromatic rings. The van der Waals surface area contributed by atoms with Gasteiger partial charge in [0.25, 0.3) is 0 Å². The quantitative estimate of drug-likeness (QED) is 0.787. The number of nitrogens with one attached hydrogen (secondary N) is 1. The van der Waals surface area contributed by atoms with Crippen molar-refractivity contribution in [2.45, 2.75) is 37.1 Å². The van der Waals surface area contributed by atoms with E-state index in [2.05, 4.69) is 5.32 Å². The average Bonchev–Trinajstić information content (AvgIpc) is 3.19. The molecule has 2 heterocycles. The molecule has 1 aliphatic heterocycles. The van der Waals surface area contributed by atoms with E-state index in [4.69, 9.17) is 0 Å². The maximum atomic E-state index is 12.6. The summed E-state index contributed by atoms with van der Waals surface area (Å²) >= 11 is 1.63. The number of sulfonamides is 1. The van der Waals surface area contributed by atoms with E-state index < -0.39 is 10.0 Å². The van der Waals surface area contributed by atoms with E-state index >= 15 is 0 Å². The fourth-order valence-electron chi connectivity index (χ4n) is 3.20. The molecule has 5 nitrogen and oxygen atoms in total. The Kier molecular flexibility index (Phi) is 6.45. The van der Waals surface area contributed by atoms with Gasteiger partial charge in [0.1, 0.15) is 0 Å². The summed E-state index contributed by atoms with van der Waals surface area (Å²) in [5.74, 6) is 0.474. The number of piperidine rings is 1. The van der Waals surface area contributed by atoms with Crippen LogP contribution in [-0.2, 0) is 21.4 Å². The number of hydrogen-bond acceptors (Lipinski definition) is 4. The number of amides is 1. The molecular weight excluding hydrogens is 368 g/mol. The number of carbonyl (C=O) groups excluding carboxylic acids is 1. The predicted molar refractivity (Wildman–Crippen MR) is 103 cm³/mol. The van der Waals surface area contributed by atoms with Crippen LogP contribution in [0.2, 0.25) is 0 Å². The lowest BCUT2D eigenvalue weighted by Gasteiger charge is -2.31. The fraction of sp³-hybridized carbons (Fsp3) is 0.421. The highest BCUT2D eigenvalue weighted by Gasteiger charge is 2.29. The standard InChI is InChI=1S/C19H24N2O3S2/c22-19(20-15-17-5-4-14-25-17)9-8-16-10-12-21(13-11-16)26(23,24)18-6-2-1-3-7-18/h1-7,14,16H,8-13,15H2,(H,20,22). The molecular formula is C19H24N2O3S2. The molecule has 0 spiro atoms. The highest BCUT2D eigenvalue weighted by atomic mass is 32.2. The molecule has 3 rings (SSSR count). The van der Waals surface area contributed by atoms with E-state index in [-0.39, 0.29) is 5.91 Å². The Morgan fingerprint density at radius 2 is 1.85 bits per heavy atom. The van der Waals surface area contributed by atoms with Crippen molar-refractivity contribution in [2.75, 3.05) is 13.1 Å². The summed E-state index contributed by atoms with van der Waals surface area (Å²) < 4.78 is 26.8. The lowest BCUT2D eigenvalue weighted by molar-refractivity contribution is -0.121. The van der Waals surface area contributed by atoms with Gasteiger partial charge in [0.2, 0.25) is 15.9 Å². The largest absolute Gasteiger partial charge is 0.351 e. The SMILES string of the molecule is O=C(CCC1CCN(S(=O)(=O)c2ccccc2)CC1)NCc1cccs1. The van der Waals surface area contributed by atoms with Crippen molar-refractivity contribution < 1.29 is 13.2 Å². The van der Waals surface area contributed by atoms with Crippen LogP contribution in [-0.4, -0.2) is 31.7 Å². The third-order valence-electron chi connectivity index (χ3n) is 4.77. The zero-order valence-electron chi connectivity index (χ0n) is 14.6. The van der Waals surface area contributed by atoms with Crippen molar-refractivity contribution in [3.63, 3.8) is 0 Å². The summed E-state index contributed by atoms with van der Waals surface area (Å²) in [5, 5.41) is 4.94. The third-order valence-corrected chi connectivity index (χ3v) is 7.56. The first-order valence-electron chi connectivity index (χ1n) is 8.90. The van der Waals surface area contributed by atoms with E-state index in [1.165, 1.54) is 0 Å². The summed E-state index contributed by atoms with van der Waals surface area (Å²) in [6, 6.07) is 12.6. The minimum atomic E-state index is -3.40. The van der Waals surface area contributed by atoms with Crippen LogP contribution in [0.15, 0.2) is 52.7 Å². The van der Waals surface area contributed by atoms with Crippen molar-refractivity contribution in [3.8, 4) is 0 Å². The normalized spacial score (nSPS) is 16.5. The lowest BCUT2D eigenvalue weighted by Crippen LogP contribution is -2.38. The number of nitrogens with zero attached hydrogens (tertiary/aromatic N) is 1. The molecule has 7 heteroatoms. The topological polar surface area (TPSA) is 66.5 Å². The van der Waals surface area contributed by atoms with Crippen molar-refractivity contribution in [1.29, 1.82) is 0 Å². The molecule has 0 unspecified atom stereocenters. The van der Waals surface area contributed by atoms with Gasteiger partial charge >= 0.3 is 0 Å². The summed E-state index contributed by atoms with van der Waals surface area (Å²) in [4.78, 5) is 13.5. The number of carbonyl (C=O) groups is 1. The number of hydrogen-bond donors (Lipinski definition) is 1. The van der Waals surface area contributed by atoms with E-state index in [1.54, 1.807) is 39.9 Å². The van der Waals surface area contributed by atoms with E-state index in [0.717, 1.165) is 24.1 Å². The Balaban J connectivity index is 1.42. The number of benzene rings is 1. The number of thiophene rings is 1. The van der Waals surface area contributed by atoms with Gasteiger partial charge in [-0.05, 0) is 48.8 Å². The zero-order chi connectivity index (χ0) is 18.4. The van der Waals surface area contributed by atoms with E-state index in [1.807, 2.05) is 23.6 Å². The van der Waals surface area contributed by atoms with Crippen LogP contribution in [0.3, 0.4) is 0 Å². The van der Waals surface area contributed by atoms with Crippen molar-refractivity contribution in [1.82, 2.24) is 9.62 Å². The van der Waals surface area contributed by atoms with Gasteiger partial charge in [0.05, 0.1) is 11.4 Å². The average molecular weight is 393 g/mol. The second kappa shape index (κ2) is 8.79. The first kappa shape index (κ1) is 19.1. The van der Waals surface area contributed by atoms with Crippen molar-refractivity contribution in [3.05, 3.63) is 52.7 Å². The smallest absolute Gasteiger partial charge is 0.243 e. The molecule has 0 saturated carbocycles. The van der Waals surface area contributed by atoms with Gasteiger partial charge in [-0.15, -0.1) is 11.3 Å². The fourth-order valence-corrected chi connectivity index (χ4v) is 5.34. The summed E-state index contributed by atoms with van der Waals surface area (Å²) in [7, 11) is -3.40. The Morgan fingerprint density at radius 1 is 1.12 bits per heavy atom. The zero-order valence-corrected chi connectivity index (χ0v) is 16.3. The van der Waals surface area contributed by atoms with Crippen LogP contribution in [0, 0.1) is 5.92 Å². The maximum Gasteiger partial charge on any atom is 0.243 e. The van der Waals surface area contributed by atoms with Crippen LogP contribution in [0.25, 0.3) is 0 Å². The van der Waals surface area contributed by atoms with E-state index in [0.29, 0.717) is 36.9 Å².